The van der Waals surface area contributed by atoms with Crippen LogP contribution in [0.25, 0.3) is 0 Å². The van der Waals surface area contributed by atoms with Gasteiger partial charge in [0.2, 0.25) is 0 Å². The quantitative estimate of drug-likeness (QED) is 0.501. The molecule has 0 radical (unpaired) electrons. The zero-order valence-corrected chi connectivity index (χ0v) is 6.67. The second kappa shape index (κ2) is 2.61. The topological polar surface area (TPSA) is 0 Å². The van der Waals surface area contributed by atoms with E-state index in [-0.39, 0.29) is 6.08 Å². The van der Waals surface area contributed by atoms with Crippen molar-refractivity contribution in [2.45, 2.75) is 19.5 Å². The zero-order valence-electron chi connectivity index (χ0n) is 6.67. The van der Waals surface area contributed by atoms with Gasteiger partial charge in [-0.05, 0) is 6.92 Å². The van der Waals surface area contributed by atoms with Crippen LogP contribution in [0.1, 0.15) is 13.8 Å². The molecule has 0 heterocycles. The summed E-state index contributed by atoms with van der Waals surface area (Å²) < 4.78 is 51.0. The highest BCUT2D eigenvalue weighted by molar-refractivity contribution is 5.31. The van der Waals surface area contributed by atoms with Gasteiger partial charge in [0, 0.05) is 6.08 Å². The molecule has 0 unspecified atom stereocenters. The van der Waals surface area contributed by atoms with Gasteiger partial charge < -0.3 is 0 Å². The van der Waals surface area contributed by atoms with Crippen molar-refractivity contribution >= 4 is 0 Å². The summed E-state index contributed by atoms with van der Waals surface area (Å²) in [5.41, 5.74) is -2.43. The van der Waals surface area contributed by atoms with E-state index < -0.39 is 29.1 Å². The van der Waals surface area contributed by atoms with Crippen LogP contribution in [-0.4, -0.2) is 5.67 Å². The molecule has 1 aliphatic carbocycles. The third-order valence-electron chi connectivity index (χ3n) is 2.14. The lowest BCUT2D eigenvalue weighted by Gasteiger charge is -2.27. The van der Waals surface area contributed by atoms with E-state index in [0.29, 0.717) is 0 Å². The molecule has 0 aromatic heterocycles. The van der Waals surface area contributed by atoms with E-state index in [2.05, 4.69) is 0 Å². The molecule has 68 valence electrons. The molecule has 0 aliphatic heterocycles. The van der Waals surface area contributed by atoms with E-state index in [1.807, 2.05) is 0 Å². The first-order chi connectivity index (χ1) is 5.37. The molecule has 0 aromatic carbocycles. The maximum atomic E-state index is 13.2. The summed E-state index contributed by atoms with van der Waals surface area (Å²) >= 11 is 0. The normalized spacial score (nSPS) is 36.8. The summed E-state index contributed by atoms with van der Waals surface area (Å²) in [6, 6.07) is 0. The molecule has 0 aromatic rings. The maximum absolute atomic E-state index is 13.2. The summed E-state index contributed by atoms with van der Waals surface area (Å²) in [6.07, 6.45) is 0.245. The van der Waals surface area contributed by atoms with E-state index in [9.17, 15) is 17.6 Å². The van der Waals surface area contributed by atoms with E-state index in [4.69, 9.17) is 0 Å². The number of alkyl halides is 1. The number of hydrogen-bond acceptors (Lipinski definition) is 0. The molecule has 1 aliphatic rings. The Balaban J connectivity index is 3.16. The lowest BCUT2D eigenvalue weighted by atomic mass is 9.86. The van der Waals surface area contributed by atoms with Crippen LogP contribution in [0.5, 0.6) is 0 Å². The van der Waals surface area contributed by atoms with Crippen molar-refractivity contribution in [1.82, 2.24) is 0 Å². The molecule has 0 N–H and O–H groups in total. The first-order valence-electron chi connectivity index (χ1n) is 3.49. The fourth-order valence-corrected chi connectivity index (χ4v) is 0.973. The van der Waals surface area contributed by atoms with E-state index >= 15 is 0 Å². The molecule has 0 saturated heterocycles. The predicted octanol–water partition coefficient (Wildman–Crippen LogP) is 3.37. The molecule has 0 saturated carbocycles. The lowest BCUT2D eigenvalue weighted by Crippen LogP contribution is -2.31. The average Bonchev–Trinajstić information content (AvgIpc) is 1.99. The second-order valence-corrected chi connectivity index (χ2v) is 2.99. The molecular formula is C8H8F4. The van der Waals surface area contributed by atoms with Crippen LogP contribution in [0, 0.1) is 5.92 Å². The average molecular weight is 180 g/mol. The minimum atomic E-state index is -2.43. The second-order valence-electron chi connectivity index (χ2n) is 2.99. The van der Waals surface area contributed by atoms with Gasteiger partial charge >= 0.3 is 0 Å². The van der Waals surface area contributed by atoms with Crippen LogP contribution < -0.4 is 0 Å². The van der Waals surface area contributed by atoms with Gasteiger partial charge in [0.25, 0.3) is 0 Å². The Kier molecular flexibility index (Phi) is 2.02. The molecule has 0 nitrogen and oxygen atoms in total. The molecule has 12 heavy (non-hydrogen) atoms. The Morgan fingerprint density at radius 2 is 1.83 bits per heavy atom. The minimum Gasteiger partial charge on any atom is -0.236 e. The van der Waals surface area contributed by atoms with Gasteiger partial charge in [-0.15, -0.1) is 0 Å². The van der Waals surface area contributed by atoms with Crippen LogP contribution in [0.2, 0.25) is 0 Å². The van der Waals surface area contributed by atoms with Gasteiger partial charge in [0.1, 0.15) is 11.7 Å². The van der Waals surface area contributed by atoms with Crippen LogP contribution in [0.15, 0.2) is 23.6 Å². The standard InChI is InChI=1S/C8H8F4/c1-4-7(11)5(9)3-6(10)8(4,2)12/h3-4H,1-2H3/t4-,8-/m1/s1. The van der Waals surface area contributed by atoms with Gasteiger partial charge in [0.15, 0.2) is 11.5 Å². The van der Waals surface area contributed by atoms with Crippen molar-refractivity contribution < 1.29 is 17.6 Å². The molecule has 2 atom stereocenters. The number of allylic oxidation sites excluding steroid dienone is 4. The fourth-order valence-electron chi connectivity index (χ4n) is 0.973. The molecule has 0 fully saturated rings. The monoisotopic (exact) mass is 180 g/mol. The van der Waals surface area contributed by atoms with Crippen LogP contribution in [0.3, 0.4) is 0 Å². The van der Waals surface area contributed by atoms with Gasteiger partial charge in [-0.3, -0.25) is 0 Å². The van der Waals surface area contributed by atoms with Crippen LogP contribution >= 0.6 is 0 Å². The molecule has 1 rings (SSSR count). The van der Waals surface area contributed by atoms with Crippen molar-refractivity contribution in [3.8, 4) is 0 Å². The molecule has 0 amide bonds. The van der Waals surface area contributed by atoms with Crippen LogP contribution in [-0.2, 0) is 0 Å². The predicted molar refractivity (Wildman–Crippen MR) is 37.1 cm³/mol. The first kappa shape index (κ1) is 9.29. The Labute approximate surface area is 67.6 Å². The van der Waals surface area contributed by atoms with Crippen molar-refractivity contribution in [3.63, 3.8) is 0 Å². The highest BCUT2D eigenvalue weighted by Crippen LogP contribution is 2.41. The molecule has 0 bridgehead atoms. The Morgan fingerprint density at radius 1 is 1.33 bits per heavy atom. The molecule has 4 heteroatoms. The summed E-state index contributed by atoms with van der Waals surface area (Å²) in [5.74, 6) is -5.23. The highest BCUT2D eigenvalue weighted by atomic mass is 19.2. The van der Waals surface area contributed by atoms with Gasteiger partial charge in [0.05, 0.1) is 5.92 Å². The number of hydrogen-bond donors (Lipinski definition) is 0. The van der Waals surface area contributed by atoms with E-state index in [1.165, 1.54) is 0 Å². The third kappa shape index (κ3) is 1.15. The van der Waals surface area contributed by atoms with Crippen molar-refractivity contribution in [3.05, 3.63) is 23.6 Å². The summed E-state index contributed by atoms with van der Waals surface area (Å²) in [6.45, 7) is 1.98. The van der Waals surface area contributed by atoms with E-state index in [0.717, 1.165) is 13.8 Å². The largest absolute Gasteiger partial charge is 0.236 e. The number of rotatable bonds is 0. The van der Waals surface area contributed by atoms with Gasteiger partial charge in [-0.1, -0.05) is 6.92 Å². The lowest BCUT2D eigenvalue weighted by molar-refractivity contribution is 0.122. The Hall–Kier alpha value is -0.800. The SMILES string of the molecule is C[C@@H]1C(F)=C(F)C=C(F)[C@]1(C)F. The third-order valence-corrected chi connectivity index (χ3v) is 2.14. The summed E-state index contributed by atoms with van der Waals surface area (Å²) in [5, 5.41) is 0. The van der Waals surface area contributed by atoms with Gasteiger partial charge in [-0.25, -0.2) is 17.6 Å². The Bertz CT molecular complexity index is 262. The fraction of sp³-hybridized carbons (Fsp3) is 0.500. The summed E-state index contributed by atoms with van der Waals surface area (Å²) in [7, 11) is 0. The molecule has 0 spiro atoms. The van der Waals surface area contributed by atoms with E-state index in [1.54, 1.807) is 0 Å². The number of halogens is 4. The highest BCUT2D eigenvalue weighted by Gasteiger charge is 2.43. The van der Waals surface area contributed by atoms with Crippen LogP contribution in [0.4, 0.5) is 17.6 Å². The first-order valence-corrected chi connectivity index (χ1v) is 3.49. The van der Waals surface area contributed by atoms with Gasteiger partial charge in [-0.2, -0.15) is 0 Å². The zero-order chi connectivity index (χ0) is 9.52. The van der Waals surface area contributed by atoms with Crippen molar-refractivity contribution in [2.24, 2.45) is 5.92 Å². The maximum Gasteiger partial charge on any atom is 0.168 e. The smallest absolute Gasteiger partial charge is 0.168 e. The van der Waals surface area contributed by atoms with Crippen molar-refractivity contribution in [1.29, 1.82) is 0 Å². The molecular weight excluding hydrogens is 172 g/mol. The van der Waals surface area contributed by atoms with Crippen molar-refractivity contribution in [2.75, 3.05) is 0 Å². The summed E-state index contributed by atoms with van der Waals surface area (Å²) in [4.78, 5) is 0. The minimum absolute atomic E-state index is 0.245. The Morgan fingerprint density at radius 3 is 2.33 bits per heavy atom.